The number of alkyl halides is 3. The maximum atomic E-state index is 12.3. The summed E-state index contributed by atoms with van der Waals surface area (Å²) in [5.41, 5.74) is 0.696. The van der Waals surface area contributed by atoms with Gasteiger partial charge in [-0.2, -0.15) is 18.3 Å². The lowest BCUT2D eigenvalue weighted by molar-refractivity contribution is -0.149. The van der Waals surface area contributed by atoms with Crippen molar-refractivity contribution in [1.29, 1.82) is 0 Å². The molecule has 2 heterocycles. The third-order valence-electron chi connectivity index (χ3n) is 3.53. The first-order valence-electron chi connectivity index (χ1n) is 6.52. The molecule has 0 radical (unpaired) electrons. The van der Waals surface area contributed by atoms with Crippen LogP contribution in [-0.2, 0) is 13.6 Å². The average molecular weight is 306 g/mol. The zero-order chi connectivity index (χ0) is 15.6. The topological polar surface area (TPSA) is 61.6 Å². The Bertz CT molecular complexity index is 507. The monoisotopic (exact) mass is 306 g/mol. The Kier molecular flexibility index (Phi) is 4.52. The van der Waals surface area contributed by atoms with Crippen LogP contribution in [0.25, 0.3) is 0 Å². The van der Waals surface area contributed by atoms with Crippen LogP contribution >= 0.6 is 0 Å². The molecule has 0 amide bonds. The van der Waals surface area contributed by atoms with Crippen LogP contribution in [0.4, 0.5) is 13.2 Å². The van der Waals surface area contributed by atoms with Crippen molar-refractivity contribution in [2.75, 3.05) is 32.7 Å². The van der Waals surface area contributed by atoms with Crippen molar-refractivity contribution in [1.82, 2.24) is 19.6 Å². The number of piperazine rings is 1. The Balaban J connectivity index is 1.92. The van der Waals surface area contributed by atoms with Crippen LogP contribution in [0, 0.1) is 0 Å². The number of hydrogen-bond donors (Lipinski definition) is 1. The molecule has 1 aromatic heterocycles. The van der Waals surface area contributed by atoms with E-state index in [0.717, 1.165) is 0 Å². The van der Waals surface area contributed by atoms with E-state index in [1.807, 2.05) is 4.90 Å². The van der Waals surface area contributed by atoms with Gasteiger partial charge in [0.05, 0.1) is 18.4 Å². The normalized spacial score (nSPS) is 18.1. The molecular formula is C12H17F3N4O2. The molecule has 1 aromatic rings. The molecule has 0 atom stereocenters. The summed E-state index contributed by atoms with van der Waals surface area (Å²) in [6, 6.07) is 0. The molecule has 1 aliphatic heterocycles. The van der Waals surface area contributed by atoms with E-state index in [9.17, 15) is 18.0 Å². The fourth-order valence-corrected chi connectivity index (χ4v) is 2.40. The van der Waals surface area contributed by atoms with E-state index in [-0.39, 0.29) is 5.56 Å². The molecule has 1 saturated heterocycles. The second-order valence-electron chi connectivity index (χ2n) is 5.10. The van der Waals surface area contributed by atoms with Crippen LogP contribution in [0.3, 0.4) is 0 Å². The molecule has 0 bridgehead atoms. The van der Waals surface area contributed by atoms with Gasteiger partial charge in [0, 0.05) is 39.8 Å². The molecule has 0 saturated carbocycles. The van der Waals surface area contributed by atoms with E-state index in [0.29, 0.717) is 38.4 Å². The van der Waals surface area contributed by atoms with Gasteiger partial charge in [0.15, 0.2) is 0 Å². The van der Waals surface area contributed by atoms with Crippen molar-refractivity contribution in [3.8, 4) is 0 Å². The molecule has 2 rings (SSSR count). The summed E-state index contributed by atoms with van der Waals surface area (Å²) in [6.45, 7) is 1.06. The van der Waals surface area contributed by atoms with E-state index in [2.05, 4.69) is 5.10 Å². The highest BCUT2D eigenvalue weighted by Gasteiger charge is 2.32. The summed E-state index contributed by atoms with van der Waals surface area (Å²) in [5, 5.41) is 13.0. The third-order valence-corrected chi connectivity index (χ3v) is 3.53. The van der Waals surface area contributed by atoms with Crippen LogP contribution in [0.5, 0.6) is 0 Å². The maximum Gasteiger partial charge on any atom is 0.401 e. The lowest BCUT2D eigenvalue weighted by atomic mass is 10.2. The van der Waals surface area contributed by atoms with Crippen LogP contribution < -0.4 is 0 Å². The number of aromatic nitrogens is 2. The minimum absolute atomic E-state index is 0.134. The van der Waals surface area contributed by atoms with E-state index in [4.69, 9.17) is 5.11 Å². The molecule has 6 nitrogen and oxygen atoms in total. The number of carboxylic acid groups (broad SMARTS) is 1. The van der Waals surface area contributed by atoms with Crippen molar-refractivity contribution in [2.45, 2.75) is 12.7 Å². The zero-order valence-corrected chi connectivity index (χ0v) is 11.6. The highest BCUT2D eigenvalue weighted by molar-refractivity contribution is 5.88. The Labute approximate surface area is 119 Å². The lowest BCUT2D eigenvalue weighted by Gasteiger charge is -2.34. The molecule has 0 aromatic carbocycles. The first-order valence-corrected chi connectivity index (χ1v) is 6.52. The van der Waals surface area contributed by atoms with Crippen LogP contribution in [0.2, 0.25) is 0 Å². The van der Waals surface area contributed by atoms with Gasteiger partial charge in [0.25, 0.3) is 0 Å². The molecule has 1 aliphatic rings. The third kappa shape index (κ3) is 4.18. The molecule has 9 heteroatoms. The Morgan fingerprint density at radius 1 is 1.29 bits per heavy atom. The Morgan fingerprint density at radius 2 is 1.86 bits per heavy atom. The van der Waals surface area contributed by atoms with Gasteiger partial charge in [-0.3, -0.25) is 14.5 Å². The van der Waals surface area contributed by atoms with Gasteiger partial charge >= 0.3 is 12.1 Å². The van der Waals surface area contributed by atoms with Gasteiger partial charge in [-0.15, -0.1) is 0 Å². The maximum absolute atomic E-state index is 12.3. The predicted molar refractivity (Wildman–Crippen MR) is 67.9 cm³/mol. The first kappa shape index (κ1) is 15.8. The van der Waals surface area contributed by atoms with Gasteiger partial charge < -0.3 is 5.11 Å². The molecule has 0 spiro atoms. The van der Waals surface area contributed by atoms with Gasteiger partial charge in [0.1, 0.15) is 5.56 Å². The highest BCUT2D eigenvalue weighted by atomic mass is 19.4. The van der Waals surface area contributed by atoms with E-state index < -0.39 is 18.7 Å². The van der Waals surface area contributed by atoms with Gasteiger partial charge in [-0.25, -0.2) is 4.79 Å². The second-order valence-corrected chi connectivity index (χ2v) is 5.10. The molecular weight excluding hydrogens is 289 g/mol. The van der Waals surface area contributed by atoms with Crippen LogP contribution in [0.1, 0.15) is 16.1 Å². The second kappa shape index (κ2) is 6.02. The summed E-state index contributed by atoms with van der Waals surface area (Å²) in [6.07, 6.45) is -2.89. The molecule has 0 aliphatic carbocycles. The number of halogens is 3. The average Bonchev–Trinajstić information content (AvgIpc) is 2.72. The highest BCUT2D eigenvalue weighted by Crippen LogP contribution is 2.18. The number of aryl methyl sites for hydroxylation is 1. The molecule has 21 heavy (non-hydrogen) atoms. The smallest absolute Gasteiger partial charge is 0.401 e. The fraction of sp³-hybridized carbons (Fsp3) is 0.667. The van der Waals surface area contributed by atoms with Gasteiger partial charge in [-0.1, -0.05) is 0 Å². The van der Waals surface area contributed by atoms with E-state index in [1.165, 1.54) is 15.8 Å². The number of nitrogens with zero attached hydrogens (tertiary/aromatic N) is 4. The standard InChI is InChI=1S/C12H17F3N4O2/c1-17-10(9(6-16-17)11(20)21)7-18-2-4-19(5-3-18)8-12(13,14)15/h6H,2-5,7-8H2,1H3,(H,20,21). The van der Waals surface area contributed by atoms with Crippen molar-refractivity contribution in [2.24, 2.45) is 7.05 Å². The number of aromatic carboxylic acids is 1. The van der Waals surface area contributed by atoms with E-state index in [1.54, 1.807) is 7.05 Å². The van der Waals surface area contributed by atoms with Crippen molar-refractivity contribution in [3.63, 3.8) is 0 Å². The number of hydrogen-bond acceptors (Lipinski definition) is 4. The molecule has 0 unspecified atom stereocenters. The van der Waals surface area contributed by atoms with Gasteiger partial charge in [-0.05, 0) is 0 Å². The van der Waals surface area contributed by atoms with Gasteiger partial charge in [0.2, 0.25) is 0 Å². The summed E-state index contributed by atoms with van der Waals surface area (Å²) in [4.78, 5) is 14.4. The minimum Gasteiger partial charge on any atom is -0.478 e. The first-order chi connectivity index (χ1) is 9.76. The van der Waals surface area contributed by atoms with Crippen molar-refractivity contribution in [3.05, 3.63) is 17.5 Å². The molecule has 1 N–H and O–H groups in total. The Morgan fingerprint density at radius 3 is 2.38 bits per heavy atom. The lowest BCUT2D eigenvalue weighted by Crippen LogP contribution is -2.49. The van der Waals surface area contributed by atoms with E-state index >= 15 is 0 Å². The summed E-state index contributed by atoms with van der Waals surface area (Å²) >= 11 is 0. The Hall–Kier alpha value is -1.61. The SMILES string of the molecule is Cn1ncc(C(=O)O)c1CN1CCN(CC(F)(F)F)CC1. The summed E-state index contributed by atoms with van der Waals surface area (Å²) in [5.74, 6) is -1.05. The number of rotatable bonds is 4. The quantitative estimate of drug-likeness (QED) is 0.891. The van der Waals surface area contributed by atoms with Crippen LogP contribution in [-0.4, -0.2) is 69.6 Å². The fourth-order valence-electron chi connectivity index (χ4n) is 2.40. The summed E-state index contributed by atoms with van der Waals surface area (Å²) in [7, 11) is 1.65. The number of carboxylic acids is 1. The zero-order valence-electron chi connectivity index (χ0n) is 11.6. The van der Waals surface area contributed by atoms with Crippen molar-refractivity contribution < 1.29 is 23.1 Å². The predicted octanol–water partition coefficient (Wildman–Crippen LogP) is 0.798. The van der Waals surface area contributed by atoms with Crippen LogP contribution in [0.15, 0.2) is 6.20 Å². The largest absolute Gasteiger partial charge is 0.478 e. The summed E-state index contributed by atoms with van der Waals surface area (Å²) < 4.78 is 38.4. The minimum atomic E-state index is -4.18. The molecule has 1 fully saturated rings. The van der Waals surface area contributed by atoms with Crippen molar-refractivity contribution >= 4 is 5.97 Å². The molecule has 118 valence electrons. The number of carbonyl (C=O) groups is 1.